The van der Waals surface area contributed by atoms with Crippen LogP contribution in [0.4, 0.5) is 5.69 Å². The first kappa shape index (κ1) is 9.79. The molecule has 1 rings (SSSR count). The molecule has 6 heteroatoms. The Morgan fingerprint density at radius 2 is 2.38 bits per heavy atom. The molecule has 0 bridgehead atoms. The number of hydrogen-bond donors (Lipinski definition) is 2. The van der Waals surface area contributed by atoms with Crippen molar-refractivity contribution in [3.8, 4) is 5.75 Å². The summed E-state index contributed by atoms with van der Waals surface area (Å²) in [7, 11) is 1.34. The molecule has 3 N–H and O–H groups in total. The van der Waals surface area contributed by atoms with E-state index in [0.29, 0.717) is 4.60 Å². The van der Waals surface area contributed by atoms with E-state index in [1.165, 1.54) is 13.2 Å². The molecule has 0 aliphatic rings. The highest BCUT2D eigenvalue weighted by atomic mass is 79.9. The number of carbonyl (C=O) groups is 1. The number of methoxy groups -OCH3 is 1. The van der Waals surface area contributed by atoms with Gasteiger partial charge in [0.1, 0.15) is 4.60 Å². The van der Waals surface area contributed by atoms with Gasteiger partial charge in [-0.25, -0.2) is 9.78 Å². The van der Waals surface area contributed by atoms with Crippen LogP contribution in [0.2, 0.25) is 0 Å². The van der Waals surface area contributed by atoms with Gasteiger partial charge >= 0.3 is 5.97 Å². The van der Waals surface area contributed by atoms with Crippen LogP contribution in [0.3, 0.4) is 0 Å². The van der Waals surface area contributed by atoms with E-state index in [0.717, 1.165) is 0 Å². The average Bonchev–Trinajstić information content (AvgIpc) is 2.02. The van der Waals surface area contributed by atoms with Crippen molar-refractivity contribution in [1.29, 1.82) is 0 Å². The number of nitrogen functional groups attached to an aromatic ring is 1. The maximum Gasteiger partial charge on any atom is 0.358 e. The van der Waals surface area contributed by atoms with Crippen LogP contribution in [-0.2, 0) is 0 Å². The number of nitrogens with zero attached hydrogens (tertiary/aromatic N) is 1. The lowest BCUT2D eigenvalue weighted by atomic mass is 10.3. The van der Waals surface area contributed by atoms with Crippen LogP contribution in [-0.4, -0.2) is 23.2 Å². The summed E-state index contributed by atoms with van der Waals surface area (Å²) in [5.74, 6) is -1.10. The Morgan fingerprint density at radius 1 is 1.77 bits per heavy atom. The molecule has 0 radical (unpaired) electrons. The first-order valence-corrected chi connectivity index (χ1v) is 4.09. The number of aromatic carboxylic acids is 1. The Balaban J connectivity index is 3.38. The van der Waals surface area contributed by atoms with Crippen molar-refractivity contribution in [2.45, 2.75) is 0 Å². The Labute approximate surface area is 82.7 Å². The molecule has 0 unspecified atom stereocenters. The highest BCUT2D eigenvalue weighted by Crippen LogP contribution is 2.27. The molecular formula is C7H7BrN2O3. The van der Waals surface area contributed by atoms with Crippen molar-refractivity contribution in [1.82, 2.24) is 4.98 Å². The van der Waals surface area contributed by atoms with Crippen molar-refractivity contribution in [2.75, 3.05) is 12.8 Å². The second kappa shape index (κ2) is 3.61. The van der Waals surface area contributed by atoms with Crippen molar-refractivity contribution in [3.05, 3.63) is 16.4 Å². The molecular weight excluding hydrogens is 240 g/mol. The number of ether oxygens (including phenoxy) is 1. The Morgan fingerprint density at radius 3 is 2.85 bits per heavy atom. The smallest absolute Gasteiger partial charge is 0.358 e. The van der Waals surface area contributed by atoms with E-state index in [-0.39, 0.29) is 17.1 Å². The summed E-state index contributed by atoms with van der Waals surface area (Å²) in [6, 6.07) is 1.48. The van der Waals surface area contributed by atoms with Crippen LogP contribution >= 0.6 is 15.9 Å². The third kappa shape index (κ3) is 1.89. The Bertz CT molecular complexity index is 354. The molecule has 1 aromatic rings. The second-order valence-corrected chi connectivity index (χ2v) is 3.03. The summed E-state index contributed by atoms with van der Waals surface area (Å²) < 4.78 is 5.17. The van der Waals surface area contributed by atoms with Gasteiger partial charge in [-0.05, 0) is 22.0 Å². The largest absolute Gasteiger partial charge is 0.492 e. The Hall–Kier alpha value is -1.30. The lowest BCUT2D eigenvalue weighted by Crippen LogP contribution is -2.06. The fourth-order valence-electron chi connectivity index (χ4n) is 0.880. The molecule has 0 fully saturated rings. The molecule has 0 aliphatic heterocycles. The number of carboxylic acid groups (broad SMARTS) is 1. The van der Waals surface area contributed by atoms with E-state index in [2.05, 4.69) is 20.9 Å². The number of anilines is 1. The van der Waals surface area contributed by atoms with Crippen LogP contribution in [0, 0.1) is 0 Å². The maximum absolute atomic E-state index is 10.7. The molecule has 0 aliphatic carbocycles. The topological polar surface area (TPSA) is 85.4 Å². The zero-order valence-electron chi connectivity index (χ0n) is 6.74. The SMILES string of the molecule is COc1c(N)cc(Br)nc1C(=O)O. The third-order valence-electron chi connectivity index (χ3n) is 1.38. The molecule has 0 saturated carbocycles. The predicted octanol–water partition coefficient (Wildman–Crippen LogP) is 1.13. The fourth-order valence-corrected chi connectivity index (χ4v) is 1.30. The molecule has 1 aromatic heterocycles. The second-order valence-electron chi connectivity index (χ2n) is 2.22. The summed E-state index contributed by atoms with van der Waals surface area (Å²) in [4.78, 5) is 14.4. The van der Waals surface area contributed by atoms with Crippen molar-refractivity contribution in [2.24, 2.45) is 0 Å². The number of nitrogens with two attached hydrogens (primary N) is 1. The number of carboxylic acids is 1. The van der Waals surface area contributed by atoms with E-state index in [9.17, 15) is 4.79 Å². The normalized spacial score (nSPS) is 9.69. The first-order chi connectivity index (χ1) is 6.06. The van der Waals surface area contributed by atoms with Gasteiger partial charge in [-0.3, -0.25) is 0 Å². The molecule has 0 aromatic carbocycles. The van der Waals surface area contributed by atoms with Gasteiger partial charge in [-0.1, -0.05) is 0 Å². The predicted molar refractivity (Wildman–Crippen MR) is 49.9 cm³/mol. The van der Waals surface area contributed by atoms with Crippen LogP contribution in [0.1, 0.15) is 10.5 Å². The van der Waals surface area contributed by atoms with Crippen LogP contribution < -0.4 is 10.5 Å². The summed E-state index contributed by atoms with van der Waals surface area (Å²) in [5, 5.41) is 8.73. The van der Waals surface area contributed by atoms with Gasteiger partial charge < -0.3 is 15.6 Å². The quantitative estimate of drug-likeness (QED) is 0.765. The first-order valence-electron chi connectivity index (χ1n) is 3.29. The van der Waals surface area contributed by atoms with Gasteiger partial charge in [0, 0.05) is 0 Å². The summed E-state index contributed by atoms with van der Waals surface area (Å²) in [6.07, 6.45) is 0. The minimum absolute atomic E-state index is 0.0794. The van der Waals surface area contributed by atoms with Crippen molar-refractivity contribution < 1.29 is 14.6 Å². The number of hydrogen-bond acceptors (Lipinski definition) is 4. The molecule has 0 saturated heterocycles. The van der Waals surface area contributed by atoms with E-state index in [1.807, 2.05) is 0 Å². The van der Waals surface area contributed by atoms with Crippen LogP contribution in [0.25, 0.3) is 0 Å². The van der Waals surface area contributed by atoms with Gasteiger partial charge in [-0.2, -0.15) is 0 Å². The van der Waals surface area contributed by atoms with Crippen molar-refractivity contribution >= 4 is 27.6 Å². The van der Waals surface area contributed by atoms with Gasteiger partial charge in [-0.15, -0.1) is 0 Å². The van der Waals surface area contributed by atoms with Gasteiger partial charge in [0.15, 0.2) is 11.4 Å². The monoisotopic (exact) mass is 246 g/mol. The zero-order valence-corrected chi connectivity index (χ0v) is 8.33. The van der Waals surface area contributed by atoms with Crippen molar-refractivity contribution in [3.63, 3.8) is 0 Å². The van der Waals surface area contributed by atoms with Gasteiger partial charge in [0.05, 0.1) is 12.8 Å². The average molecular weight is 247 g/mol. The molecule has 13 heavy (non-hydrogen) atoms. The number of aromatic nitrogens is 1. The maximum atomic E-state index is 10.7. The lowest BCUT2D eigenvalue weighted by Gasteiger charge is -2.07. The number of rotatable bonds is 2. The third-order valence-corrected chi connectivity index (χ3v) is 1.78. The number of halogens is 1. The lowest BCUT2D eigenvalue weighted by molar-refractivity contribution is 0.0686. The molecule has 1 heterocycles. The van der Waals surface area contributed by atoms with Gasteiger partial charge in [0.2, 0.25) is 0 Å². The summed E-state index contributed by atoms with van der Waals surface area (Å²) in [6.45, 7) is 0. The molecule has 0 atom stereocenters. The van der Waals surface area contributed by atoms with E-state index < -0.39 is 5.97 Å². The van der Waals surface area contributed by atoms with Crippen LogP contribution in [0.5, 0.6) is 5.75 Å². The summed E-state index contributed by atoms with van der Waals surface area (Å²) >= 11 is 3.03. The zero-order chi connectivity index (χ0) is 10.0. The fraction of sp³-hybridized carbons (Fsp3) is 0.143. The molecule has 0 amide bonds. The molecule has 5 nitrogen and oxygen atoms in total. The molecule has 70 valence electrons. The standard InChI is InChI=1S/C7H7BrN2O3/c1-13-6-3(9)2-4(8)10-5(6)7(11)12/h2H,1H3,(H2,9,10)(H,11,12). The minimum Gasteiger partial charge on any atom is -0.492 e. The molecule has 0 spiro atoms. The minimum atomic E-state index is -1.18. The van der Waals surface area contributed by atoms with Crippen LogP contribution in [0.15, 0.2) is 10.7 Å². The summed E-state index contributed by atoms with van der Waals surface area (Å²) in [5.41, 5.74) is 5.55. The Kier molecular flexibility index (Phi) is 2.72. The van der Waals surface area contributed by atoms with E-state index in [1.54, 1.807) is 0 Å². The highest BCUT2D eigenvalue weighted by Gasteiger charge is 2.16. The van der Waals surface area contributed by atoms with Gasteiger partial charge in [0.25, 0.3) is 0 Å². The van der Waals surface area contributed by atoms with E-state index >= 15 is 0 Å². The van der Waals surface area contributed by atoms with E-state index in [4.69, 9.17) is 15.6 Å². The highest BCUT2D eigenvalue weighted by molar-refractivity contribution is 9.10. The number of pyridine rings is 1.